The van der Waals surface area contributed by atoms with Gasteiger partial charge in [-0.05, 0) is 25.3 Å². The summed E-state index contributed by atoms with van der Waals surface area (Å²) < 4.78 is 4.83. The predicted molar refractivity (Wildman–Crippen MR) is 73.4 cm³/mol. The van der Waals surface area contributed by atoms with Crippen LogP contribution in [0.15, 0.2) is 24.3 Å². The van der Waals surface area contributed by atoms with E-state index in [1.54, 1.807) is 0 Å². The van der Waals surface area contributed by atoms with Crippen LogP contribution in [0, 0.1) is 12.8 Å². The first-order chi connectivity index (χ1) is 8.45. The molecule has 1 aromatic rings. The highest BCUT2D eigenvalue weighted by molar-refractivity contribution is 5.76. The van der Waals surface area contributed by atoms with Gasteiger partial charge in [0.1, 0.15) is 6.04 Å². The highest BCUT2D eigenvalue weighted by Crippen LogP contribution is 2.16. The molecule has 0 aliphatic carbocycles. The second kappa shape index (κ2) is 6.55. The third kappa shape index (κ3) is 3.84. The number of carbonyl (C=O) groups excluding carboxylic acids is 1. The van der Waals surface area contributed by atoms with E-state index >= 15 is 0 Å². The second-order valence-electron chi connectivity index (χ2n) is 5.05. The van der Waals surface area contributed by atoms with Gasteiger partial charge in [0.15, 0.2) is 0 Å². The average molecular weight is 249 g/mol. The number of hydrogen-bond acceptors (Lipinski definition) is 3. The Kier molecular flexibility index (Phi) is 5.35. The van der Waals surface area contributed by atoms with Crippen molar-refractivity contribution in [1.82, 2.24) is 5.32 Å². The molecule has 0 aliphatic rings. The number of hydrogen-bond donors (Lipinski definition) is 1. The molecule has 0 saturated carbocycles. The molecule has 0 spiro atoms. The molecule has 0 heterocycles. The molecule has 0 amide bonds. The van der Waals surface area contributed by atoms with Crippen molar-refractivity contribution in [2.45, 2.75) is 39.8 Å². The Morgan fingerprint density at radius 2 is 1.94 bits per heavy atom. The van der Waals surface area contributed by atoms with E-state index in [0.717, 1.165) is 0 Å². The largest absolute Gasteiger partial charge is 0.468 e. The van der Waals surface area contributed by atoms with Gasteiger partial charge in [0.2, 0.25) is 0 Å². The zero-order valence-corrected chi connectivity index (χ0v) is 11.9. The Balaban J connectivity index is 2.78. The van der Waals surface area contributed by atoms with Crippen LogP contribution >= 0.6 is 0 Å². The molecule has 18 heavy (non-hydrogen) atoms. The van der Waals surface area contributed by atoms with Crippen LogP contribution in [0.25, 0.3) is 0 Å². The van der Waals surface area contributed by atoms with Gasteiger partial charge >= 0.3 is 5.97 Å². The van der Waals surface area contributed by atoms with Crippen LogP contribution in [0.4, 0.5) is 0 Å². The Bertz CT molecular complexity index is 401. The van der Waals surface area contributed by atoms with Crippen LogP contribution in [-0.4, -0.2) is 19.1 Å². The Morgan fingerprint density at radius 1 is 1.28 bits per heavy atom. The summed E-state index contributed by atoms with van der Waals surface area (Å²) in [6.45, 7) is 8.15. The van der Waals surface area contributed by atoms with Crippen molar-refractivity contribution >= 4 is 5.97 Å². The molecule has 2 atom stereocenters. The topological polar surface area (TPSA) is 38.3 Å². The van der Waals surface area contributed by atoms with Crippen LogP contribution in [0.3, 0.4) is 0 Å². The lowest BCUT2D eigenvalue weighted by molar-refractivity contribution is -0.144. The highest BCUT2D eigenvalue weighted by atomic mass is 16.5. The predicted octanol–water partition coefficient (Wildman–Crippen LogP) is 2.84. The van der Waals surface area contributed by atoms with Crippen molar-refractivity contribution in [2.75, 3.05) is 7.11 Å². The van der Waals surface area contributed by atoms with Crippen molar-refractivity contribution in [2.24, 2.45) is 5.92 Å². The fourth-order valence-electron chi connectivity index (χ4n) is 1.96. The first-order valence-corrected chi connectivity index (χ1v) is 6.36. The van der Waals surface area contributed by atoms with Crippen molar-refractivity contribution in [1.29, 1.82) is 0 Å². The highest BCUT2D eigenvalue weighted by Gasteiger charge is 2.24. The Morgan fingerprint density at radius 3 is 2.44 bits per heavy atom. The molecule has 1 N–H and O–H groups in total. The van der Waals surface area contributed by atoms with Crippen LogP contribution < -0.4 is 5.32 Å². The molecule has 100 valence electrons. The van der Waals surface area contributed by atoms with Gasteiger partial charge in [-0.2, -0.15) is 0 Å². The van der Waals surface area contributed by atoms with Gasteiger partial charge < -0.3 is 4.74 Å². The lowest BCUT2D eigenvalue weighted by Crippen LogP contribution is -2.42. The average Bonchev–Trinajstić information content (AvgIpc) is 2.34. The zero-order valence-electron chi connectivity index (χ0n) is 11.9. The van der Waals surface area contributed by atoms with Gasteiger partial charge in [0.05, 0.1) is 7.11 Å². The summed E-state index contributed by atoms with van der Waals surface area (Å²) in [5.74, 6) is -0.00536. The molecule has 0 bridgehead atoms. The summed E-state index contributed by atoms with van der Waals surface area (Å²) in [6.07, 6.45) is 0. The number of methoxy groups -OCH3 is 1. The molecule has 3 heteroatoms. The fourth-order valence-corrected chi connectivity index (χ4v) is 1.96. The minimum atomic E-state index is -0.273. The monoisotopic (exact) mass is 249 g/mol. The number of benzene rings is 1. The Hall–Kier alpha value is -1.35. The van der Waals surface area contributed by atoms with E-state index in [4.69, 9.17) is 4.74 Å². The normalized spacial score (nSPS) is 14.3. The Labute approximate surface area is 110 Å². The first kappa shape index (κ1) is 14.7. The van der Waals surface area contributed by atoms with E-state index in [-0.39, 0.29) is 24.0 Å². The minimum Gasteiger partial charge on any atom is -0.468 e. The summed E-state index contributed by atoms with van der Waals surface area (Å²) >= 11 is 0. The molecule has 1 unspecified atom stereocenters. The van der Waals surface area contributed by atoms with Crippen LogP contribution in [0.2, 0.25) is 0 Å². The van der Waals surface area contributed by atoms with Crippen molar-refractivity contribution in [3.63, 3.8) is 0 Å². The summed E-state index contributed by atoms with van der Waals surface area (Å²) in [4.78, 5) is 11.7. The second-order valence-corrected chi connectivity index (χ2v) is 5.05. The van der Waals surface area contributed by atoms with E-state index < -0.39 is 0 Å². The first-order valence-electron chi connectivity index (χ1n) is 6.36. The molecule has 3 nitrogen and oxygen atoms in total. The van der Waals surface area contributed by atoms with Gasteiger partial charge in [-0.25, -0.2) is 0 Å². The summed E-state index contributed by atoms with van der Waals surface area (Å²) in [5, 5.41) is 3.34. The van der Waals surface area contributed by atoms with Crippen LogP contribution in [0.1, 0.15) is 37.9 Å². The molecule has 0 saturated heterocycles. The SMILES string of the molecule is COC(=O)[C@@H](NC(C)c1cccc(C)c1)C(C)C. The third-order valence-corrected chi connectivity index (χ3v) is 3.09. The van der Waals surface area contributed by atoms with Crippen LogP contribution in [-0.2, 0) is 9.53 Å². The summed E-state index contributed by atoms with van der Waals surface area (Å²) in [6, 6.07) is 8.15. The van der Waals surface area contributed by atoms with E-state index in [2.05, 4.69) is 37.4 Å². The lowest BCUT2D eigenvalue weighted by atomic mass is 10.0. The number of rotatable bonds is 5. The van der Waals surface area contributed by atoms with Crippen LogP contribution in [0.5, 0.6) is 0 Å². The smallest absolute Gasteiger partial charge is 0.323 e. The van der Waals surface area contributed by atoms with Gasteiger partial charge in [0, 0.05) is 6.04 Å². The number of nitrogens with one attached hydrogen (secondary N) is 1. The zero-order chi connectivity index (χ0) is 13.7. The minimum absolute atomic E-state index is 0.122. The van der Waals surface area contributed by atoms with Crippen molar-refractivity contribution in [3.8, 4) is 0 Å². The molecule has 1 rings (SSSR count). The molecular weight excluding hydrogens is 226 g/mol. The number of aryl methyl sites for hydroxylation is 1. The van der Waals surface area contributed by atoms with Gasteiger partial charge in [0.25, 0.3) is 0 Å². The standard InChI is InChI=1S/C15H23NO2/c1-10(2)14(15(17)18-5)16-12(4)13-8-6-7-11(3)9-13/h6-10,12,14,16H,1-5H3/t12?,14-/m0/s1. The molecule has 1 aromatic carbocycles. The quantitative estimate of drug-likeness (QED) is 0.815. The fraction of sp³-hybridized carbons (Fsp3) is 0.533. The number of ether oxygens (including phenoxy) is 1. The van der Waals surface area contributed by atoms with Crippen molar-refractivity contribution in [3.05, 3.63) is 35.4 Å². The molecule has 0 fully saturated rings. The van der Waals surface area contributed by atoms with E-state index in [9.17, 15) is 4.79 Å². The van der Waals surface area contributed by atoms with E-state index in [1.807, 2.05) is 19.9 Å². The number of esters is 1. The molecule has 0 aliphatic heterocycles. The van der Waals surface area contributed by atoms with Gasteiger partial charge in [-0.15, -0.1) is 0 Å². The van der Waals surface area contributed by atoms with E-state index in [1.165, 1.54) is 18.2 Å². The van der Waals surface area contributed by atoms with E-state index in [0.29, 0.717) is 0 Å². The third-order valence-electron chi connectivity index (χ3n) is 3.09. The van der Waals surface area contributed by atoms with Gasteiger partial charge in [-0.3, -0.25) is 10.1 Å². The summed E-state index contributed by atoms with van der Waals surface area (Å²) in [5.41, 5.74) is 2.41. The maximum atomic E-state index is 11.7. The molecule has 0 radical (unpaired) electrons. The maximum absolute atomic E-state index is 11.7. The molecular formula is C15H23NO2. The summed E-state index contributed by atoms with van der Waals surface area (Å²) in [7, 11) is 1.43. The van der Waals surface area contributed by atoms with Crippen molar-refractivity contribution < 1.29 is 9.53 Å². The maximum Gasteiger partial charge on any atom is 0.323 e. The van der Waals surface area contributed by atoms with Gasteiger partial charge in [-0.1, -0.05) is 43.7 Å². The lowest BCUT2D eigenvalue weighted by Gasteiger charge is -2.24. The molecule has 0 aromatic heterocycles. The number of carbonyl (C=O) groups is 1.